The fraction of sp³-hybridized carbons (Fsp3) is 0.636. The fourth-order valence-corrected chi connectivity index (χ4v) is 3.82. The normalized spacial score (nSPS) is 19.9. The average molecular weight is 314 g/mol. The first-order valence-corrected chi connectivity index (χ1v) is 9.64. The van der Waals surface area contributed by atoms with Crippen molar-refractivity contribution >= 4 is 5.69 Å². The van der Waals surface area contributed by atoms with E-state index in [1.165, 1.54) is 55.3 Å². The molecule has 0 bridgehead atoms. The van der Waals surface area contributed by atoms with E-state index in [0.717, 1.165) is 29.9 Å². The predicted octanol–water partition coefficient (Wildman–Crippen LogP) is 7.04. The molecule has 0 heterocycles. The number of rotatable bonds is 10. The second-order valence-corrected chi connectivity index (χ2v) is 7.44. The molecular weight excluding hydrogens is 278 g/mol. The first kappa shape index (κ1) is 18.1. The molecule has 1 nitrogen and oxygen atoms in total. The van der Waals surface area contributed by atoms with E-state index in [2.05, 4.69) is 57.8 Å². The Morgan fingerprint density at radius 3 is 2.52 bits per heavy atom. The Bertz CT molecular complexity index is 511. The van der Waals surface area contributed by atoms with Crippen molar-refractivity contribution in [2.45, 2.75) is 78.6 Å². The molecule has 2 rings (SSSR count). The van der Waals surface area contributed by atoms with Crippen LogP contribution >= 0.6 is 0 Å². The molecule has 1 aliphatic rings. The number of benzene rings is 1. The van der Waals surface area contributed by atoms with E-state index in [4.69, 9.17) is 0 Å². The van der Waals surface area contributed by atoms with Crippen LogP contribution < -0.4 is 5.32 Å². The smallest absolute Gasteiger partial charge is 0.0414 e. The van der Waals surface area contributed by atoms with Crippen LogP contribution in [0.25, 0.3) is 0 Å². The van der Waals surface area contributed by atoms with Crippen molar-refractivity contribution in [1.82, 2.24) is 0 Å². The topological polar surface area (TPSA) is 12.0 Å². The van der Waals surface area contributed by atoms with Gasteiger partial charge in [-0.3, -0.25) is 0 Å². The van der Waals surface area contributed by atoms with E-state index in [1.54, 1.807) is 0 Å². The number of anilines is 1. The quantitative estimate of drug-likeness (QED) is 0.488. The monoisotopic (exact) mass is 313 g/mol. The van der Waals surface area contributed by atoms with Gasteiger partial charge >= 0.3 is 0 Å². The van der Waals surface area contributed by atoms with E-state index in [9.17, 15) is 0 Å². The van der Waals surface area contributed by atoms with Crippen LogP contribution in [0.15, 0.2) is 30.5 Å². The lowest BCUT2D eigenvalue weighted by Crippen LogP contribution is -2.02. The molecule has 0 radical (unpaired) electrons. The Morgan fingerprint density at radius 2 is 1.91 bits per heavy atom. The van der Waals surface area contributed by atoms with E-state index in [1.807, 2.05) is 0 Å². The van der Waals surface area contributed by atoms with Gasteiger partial charge in [-0.2, -0.15) is 0 Å². The zero-order chi connectivity index (χ0) is 16.8. The molecule has 1 aliphatic carbocycles. The van der Waals surface area contributed by atoms with Gasteiger partial charge < -0.3 is 5.32 Å². The molecule has 1 heteroatoms. The summed E-state index contributed by atoms with van der Waals surface area (Å²) in [6.07, 6.45) is 9.29. The molecule has 0 aliphatic heterocycles. The van der Waals surface area contributed by atoms with Crippen LogP contribution in [0, 0.1) is 18.8 Å². The van der Waals surface area contributed by atoms with Crippen LogP contribution in [0.5, 0.6) is 0 Å². The van der Waals surface area contributed by atoms with Gasteiger partial charge in [-0.15, -0.1) is 0 Å². The number of nitrogens with one attached hydrogen (secondary N) is 1. The Balaban J connectivity index is 1.98. The van der Waals surface area contributed by atoms with E-state index < -0.39 is 0 Å². The molecule has 1 aromatic rings. The highest BCUT2D eigenvalue weighted by Crippen LogP contribution is 2.52. The minimum atomic E-state index is 0.794. The summed E-state index contributed by atoms with van der Waals surface area (Å²) in [5.74, 6) is 2.66. The number of aryl methyl sites for hydroxylation is 1. The molecular formula is C22H35N. The Morgan fingerprint density at radius 1 is 1.22 bits per heavy atom. The summed E-state index contributed by atoms with van der Waals surface area (Å²) in [5, 5.41) is 3.48. The maximum atomic E-state index is 4.08. The van der Waals surface area contributed by atoms with Gasteiger partial charge in [0.05, 0.1) is 0 Å². The summed E-state index contributed by atoms with van der Waals surface area (Å²) in [6, 6.07) is 6.98. The molecule has 1 aromatic carbocycles. The van der Waals surface area contributed by atoms with Crippen LogP contribution in [0.1, 0.15) is 82.8 Å². The van der Waals surface area contributed by atoms with Crippen molar-refractivity contribution in [3.63, 3.8) is 0 Å². The Labute approximate surface area is 143 Å². The Hall–Kier alpha value is -1.24. The number of hydrogen-bond donors (Lipinski definition) is 1. The number of allylic oxidation sites excluding steroid dienone is 1. The highest BCUT2D eigenvalue weighted by Gasteiger charge is 2.39. The standard InChI is InChI=1S/C22H35N/c1-6-9-18(10-7-2)13-20-14-21(20)19-12-11-16(4)22(15-19)23-17(5)8-3/h11-12,15,18,20-21,23H,5-10,13-14H2,1-4H3. The van der Waals surface area contributed by atoms with Crippen molar-refractivity contribution in [3.8, 4) is 0 Å². The van der Waals surface area contributed by atoms with Crippen LogP contribution in [-0.2, 0) is 0 Å². The molecule has 1 fully saturated rings. The maximum Gasteiger partial charge on any atom is 0.0414 e. The lowest BCUT2D eigenvalue weighted by atomic mass is 9.91. The van der Waals surface area contributed by atoms with Crippen molar-refractivity contribution in [3.05, 3.63) is 41.6 Å². The molecule has 1 N–H and O–H groups in total. The van der Waals surface area contributed by atoms with E-state index >= 15 is 0 Å². The molecule has 128 valence electrons. The zero-order valence-electron chi connectivity index (χ0n) is 15.6. The second-order valence-electron chi connectivity index (χ2n) is 7.44. The van der Waals surface area contributed by atoms with E-state index in [0.29, 0.717) is 0 Å². The van der Waals surface area contributed by atoms with Gasteiger partial charge in [0.2, 0.25) is 0 Å². The third-order valence-corrected chi connectivity index (χ3v) is 5.38. The van der Waals surface area contributed by atoms with Gasteiger partial charge in [-0.25, -0.2) is 0 Å². The summed E-state index contributed by atoms with van der Waals surface area (Å²) in [7, 11) is 0. The van der Waals surface area contributed by atoms with Gasteiger partial charge in [0.15, 0.2) is 0 Å². The lowest BCUT2D eigenvalue weighted by Gasteiger charge is -2.15. The van der Waals surface area contributed by atoms with Crippen molar-refractivity contribution < 1.29 is 0 Å². The lowest BCUT2D eigenvalue weighted by molar-refractivity contribution is 0.387. The second kappa shape index (κ2) is 8.57. The van der Waals surface area contributed by atoms with Crippen LogP contribution in [-0.4, -0.2) is 0 Å². The van der Waals surface area contributed by atoms with Gasteiger partial charge in [0, 0.05) is 11.4 Å². The van der Waals surface area contributed by atoms with Crippen LogP contribution in [0.4, 0.5) is 5.69 Å². The third kappa shape index (κ3) is 5.12. The summed E-state index contributed by atoms with van der Waals surface area (Å²) in [5.41, 5.74) is 5.19. The SMILES string of the molecule is C=C(CC)Nc1cc(C2CC2CC(CCC)CCC)ccc1C. The van der Waals surface area contributed by atoms with Gasteiger partial charge in [0.25, 0.3) is 0 Å². The maximum absolute atomic E-state index is 4.08. The first-order valence-electron chi connectivity index (χ1n) is 9.64. The average Bonchev–Trinajstić information content (AvgIpc) is 3.29. The van der Waals surface area contributed by atoms with Gasteiger partial charge in [-0.1, -0.05) is 65.2 Å². The molecule has 1 saturated carbocycles. The minimum absolute atomic E-state index is 0.794. The minimum Gasteiger partial charge on any atom is -0.359 e. The van der Waals surface area contributed by atoms with E-state index in [-0.39, 0.29) is 0 Å². The third-order valence-electron chi connectivity index (χ3n) is 5.38. The summed E-state index contributed by atoms with van der Waals surface area (Å²) < 4.78 is 0. The highest BCUT2D eigenvalue weighted by atomic mass is 14.9. The van der Waals surface area contributed by atoms with Crippen molar-refractivity contribution in [2.24, 2.45) is 11.8 Å². The van der Waals surface area contributed by atoms with Gasteiger partial charge in [0.1, 0.15) is 0 Å². The molecule has 23 heavy (non-hydrogen) atoms. The summed E-state index contributed by atoms with van der Waals surface area (Å²) >= 11 is 0. The molecule has 0 aromatic heterocycles. The van der Waals surface area contributed by atoms with Crippen LogP contribution in [0.3, 0.4) is 0 Å². The number of hydrogen-bond acceptors (Lipinski definition) is 1. The largest absolute Gasteiger partial charge is 0.359 e. The molecule has 0 spiro atoms. The van der Waals surface area contributed by atoms with Gasteiger partial charge in [-0.05, 0) is 61.1 Å². The Kier molecular flexibility index (Phi) is 6.74. The summed E-state index contributed by atoms with van der Waals surface area (Å²) in [6.45, 7) is 13.1. The highest BCUT2D eigenvalue weighted by molar-refractivity contribution is 5.56. The van der Waals surface area contributed by atoms with Crippen LogP contribution in [0.2, 0.25) is 0 Å². The summed E-state index contributed by atoms with van der Waals surface area (Å²) in [4.78, 5) is 0. The van der Waals surface area contributed by atoms with Crippen molar-refractivity contribution in [1.29, 1.82) is 0 Å². The molecule has 0 amide bonds. The molecule has 2 unspecified atom stereocenters. The molecule has 0 saturated heterocycles. The zero-order valence-corrected chi connectivity index (χ0v) is 15.6. The first-order chi connectivity index (χ1) is 11.1. The van der Waals surface area contributed by atoms with Crippen molar-refractivity contribution in [2.75, 3.05) is 5.32 Å². The fourth-order valence-electron chi connectivity index (χ4n) is 3.82. The predicted molar refractivity (Wildman–Crippen MR) is 103 cm³/mol. The molecule has 2 atom stereocenters.